The van der Waals surface area contributed by atoms with Crippen molar-refractivity contribution >= 4 is 33.8 Å². The lowest BCUT2D eigenvalue weighted by Gasteiger charge is -2.21. The van der Waals surface area contributed by atoms with Crippen LogP contribution in [-0.4, -0.2) is 41.6 Å². The van der Waals surface area contributed by atoms with Gasteiger partial charge in [0.1, 0.15) is 4.99 Å². The molecule has 0 aliphatic carbocycles. The Morgan fingerprint density at radius 3 is 2.76 bits per heavy atom. The van der Waals surface area contributed by atoms with Gasteiger partial charge in [0.05, 0.1) is 16.8 Å². The Morgan fingerprint density at radius 2 is 2.10 bits per heavy atom. The second-order valence-corrected chi connectivity index (χ2v) is 6.01. The monoisotopic (exact) mass is 302 g/mol. The number of nitrogens with one attached hydrogen (secondary N) is 1. The van der Waals surface area contributed by atoms with Crippen molar-refractivity contribution in [2.45, 2.75) is 19.4 Å². The molecule has 0 radical (unpaired) electrons. The minimum atomic E-state index is 0.325. The van der Waals surface area contributed by atoms with Crippen LogP contribution in [0.1, 0.15) is 18.9 Å². The predicted octanol–water partition coefficient (Wildman–Crippen LogP) is 2.62. The van der Waals surface area contributed by atoms with E-state index in [9.17, 15) is 0 Å². The molecule has 1 aromatic carbocycles. The van der Waals surface area contributed by atoms with E-state index in [1.807, 2.05) is 24.3 Å². The molecule has 0 amide bonds. The number of benzene rings is 1. The number of aromatic nitrogens is 1. The van der Waals surface area contributed by atoms with E-state index in [0.29, 0.717) is 11.0 Å². The fourth-order valence-electron chi connectivity index (χ4n) is 2.25. The Hall–Kier alpha value is -1.72. The third kappa shape index (κ3) is 3.89. The zero-order chi connectivity index (χ0) is 15.4. The summed E-state index contributed by atoms with van der Waals surface area (Å²) in [6, 6.07) is 8.35. The van der Waals surface area contributed by atoms with E-state index >= 15 is 0 Å². The maximum atomic E-state index is 5.85. The molecule has 21 heavy (non-hydrogen) atoms. The van der Waals surface area contributed by atoms with E-state index in [2.05, 4.69) is 36.2 Å². The Morgan fingerprint density at radius 1 is 1.38 bits per heavy atom. The Bertz CT molecular complexity index is 639. The zero-order valence-electron chi connectivity index (χ0n) is 12.8. The number of anilines is 1. The quantitative estimate of drug-likeness (QED) is 0.803. The number of thiocarbonyl (C=S) groups is 1. The van der Waals surface area contributed by atoms with Crippen LogP contribution in [0, 0.1) is 0 Å². The van der Waals surface area contributed by atoms with Crippen molar-refractivity contribution in [3.05, 3.63) is 36.0 Å². The van der Waals surface area contributed by atoms with Crippen molar-refractivity contribution in [3.8, 4) is 0 Å². The van der Waals surface area contributed by atoms with Crippen LogP contribution < -0.4 is 11.1 Å². The molecule has 2 rings (SSSR count). The van der Waals surface area contributed by atoms with Crippen LogP contribution >= 0.6 is 12.2 Å². The van der Waals surface area contributed by atoms with Crippen molar-refractivity contribution in [2.75, 3.05) is 26.0 Å². The van der Waals surface area contributed by atoms with E-state index in [0.717, 1.165) is 35.1 Å². The van der Waals surface area contributed by atoms with Crippen LogP contribution in [0.15, 0.2) is 30.5 Å². The first kappa shape index (κ1) is 15.7. The fraction of sp³-hybridized carbons (Fsp3) is 0.375. The summed E-state index contributed by atoms with van der Waals surface area (Å²) in [6.07, 6.45) is 2.80. The van der Waals surface area contributed by atoms with Crippen LogP contribution in [0.4, 0.5) is 5.69 Å². The van der Waals surface area contributed by atoms with Crippen molar-refractivity contribution in [2.24, 2.45) is 5.73 Å². The van der Waals surface area contributed by atoms with Gasteiger partial charge in [-0.2, -0.15) is 0 Å². The lowest BCUT2D eigenvalue weighted by Crippen LogP contribution is -2.24. The molecule has 112 valence electrons. The molecule has 0 saturated heterocycles. The van der Waals surface area contributed by atoms with Crippen molar-refractivity contribution < 1.29 is 0 Å². The van der Waals surface area contributed by atoms with E-state index in [-0.39, 0.29) is 0 Å². The van der Waals surface area contributed by atoms with Crippen molar-refractivity contribution in [1.82, 2.24) is 9.88 Å². The van der Waals surface area contributed by atoms with Crippen LogP contribution in [0.3, 0.4) is 0 Å². The molecule has 1 atom stereocenters. The smallest absolute Gasteiger partial charge is 0.107 e. The summed E-state index contributed by atoms with van der Waals surface area (Å²) >= 11 is 5.16. The Labute approximate surface area is 131 Å². The summed E-state index contributed by atoms with van der Waals surface area (Å²) in [5.74, 6) is 0. The standard InChI is InChI=1S/C16H22N4S/c1-11(8-9-20(2)3)19-15-12-6-4-5-7-14(12)18-10-13(15)16(17)21/h4-7,10-11H,8-9H2,1-3H3,(H2,17,21)(H,18,19). The van der Waals surface area contributed by atoms with Gasteiger partial charge in [-0.25, -0.2) is 0 Å². The van der Waals surface area contributed by atoms with Gasteiger partial charge >= 0.3 is 0 Å². The first-order chi connectivity index (χ1) is 9.99. The molecule has 0 spiro atoms. The molecule has 1 unspecified atom stereocenters. The molecule has 4 nitrogen and oxygen atoms in total. The van der Waals surface area contributed by atoms with Crippen LogP contribution in [0.25, 0.3) is 10.9 Å². The number of fused-ring (bicyclic) bond motifs is 1. The number of nitrogens with zero attached hydrogens (tertiary/aromatic N) is 2. The highest BCUT2D eigenvalue weighted by Crippen LogP contribution is 2.26. The summed E-state index contributed by atoms with van der Waals surface area (Å²) in [4.78, 5) is 6.98. The lowest BCUT2D eigenvalue weighted by molar-refractivity contribution is 0.390. The molecule has 0 aliphatic heterocycles. The van der Waals surface area contributed by atoms with Crippen molar-refractivity contribution in [3.63, 3.8) is 0 Å². The summed E-state index contributed by atoms with van der Waals surface area (Å²) < 4.78 is 0. The number of nitrogens with two attached hydrogens (primary N) is 1. The number of hydrogen-bond donors (Lipinski definition) is 2. The van der Waals surface area contributed by atoms with Gasteiger partial charge in [-0.1, -0.05) is 30.4 Å². The molecular weight excluding hydrogens is 280 g/mol. The van der Waals surface area contributed by atoms with Crippen LogP contribution in [-0.2, 0) is 0 Å². The molecular formula is C16H22N4S. The zero-order valence-corrected chi connectivity index (χ0v) is 13.6. The molecule has 1 heterocycles. The van der Waals surface area contributed by atoms with Crippen molar-refractivity contribution in [1.29, 1.82) is 0 Å². The topological polar surface area (TPSA) is 54.2 Å². The fourth-order valence-corrected chi connectivity index (χ4v) is 2.41. The van der Waals surface area contributed by atoms with E-state index in [1.54, 1.807) is 6.20 Å². The first-order valence-electron chi connectivity index (χ1n) is 7.08. The molecule has 3 N–H and O–H groups in total. The molecule has 0 bridgehead atoms. The summed E-state index contributed by atoms with van der Waals surface area (Å²) in [6.45, 7) is 3.20. The maximum absolute atomic E-state index is 5.85. The average Bonchev–Trinajstić information content (AvgIpc) is 2.45. The van der Waals surface area contributed by atoms with Gasteiger partial charge in [0.15, 0.2) is 0 Å². The number of rotatable bonds is 6. The summed E-state index contributed by atoms with van der Waals surface area (Å²) in [5, 5.41) is 4.61. The number of para-hydroxylation sites is 1. The molecule has 5 heteroatoms. The maximum Gasteiger partial charge on any atom is 0.107 e. The normalized spacial score (nSPS) is 12.6. The largest absolute Gasteiger partial charge is 0.389 e. The van der Waals surface area contributed by atoms with Gasteiger partial charge in [-0.05, 0) is 40.1 Å². The first-order valence-corrected chi connectivity index (χ1v) is 7.48. The highest BCUT2D eigenvalue weighted by Gasteiger charge is 2.13. The lowest BCUT2D eigenvalue weighted by atomic mass is 10.1. The summed E-state index contributed by atoms with van der Waals surface area (Å²) in [7, 11) is 4.16. The van der Waals surface area contributed by atoms with Gasteiger partial charge in [0.25, 0.3) is 0 Å². The summed E-state index contributed by atoms with van der Waals surface area (Å²) in [5.41, 5.74) is 8.58. The number of hydrogen-bond acceptors (Lipinski definition) is 4. The Kier molecular flexibility index (Phi) is 5.09. The van der Waals surface area contributed by atoms with Gasteiger partial charge in [-0.15, -0.1) is 0 Å². The SMILES string of the molecule is CC(CCN(C)C)Nc1c(C(N)=S)cnc2ccccc12. The molecule has 0 fully saturated rings. The van der Waals surface area contributed by atoms with Crippen LogP contribution in [0.5, 0.6) is 0 Å². The van der Waals surface area contributed by atoms with Crippen LogP contribution in [0.2, 0.25) is 0 Å². The van der Waals surface area contributed by atoms with Gasteiger partial charge in [-0.3, -0.25) is 4.98 Å². The highest BCUT2D eigenvalue weighted by molar-refractivity contribution is 7.80. The third-order valence-corrected chi connectivity index (χ3v) is 3.66. The van der Waals surface area contributed by atoms with E-state index in [4.69, 9.17) is 18.0 Å². The van der Waals surface area contributed by atoms with Gasteiger partial charge in [0, 0.05) is 17.6 Å². The second-order valence-electron chi connectivity index (χ2n) is 5.57. The molecule has 1 aromatic heterocycles. The average molecular weight is 302 g/mol. The van der Waals surface area contributed by atoms with Gasteiger partial charge < -0.3 is 16.0 Å². The second kappa shape index (κ2) is 6.83. The molecule has 0 aliphatic rings. The predicted molar refractivity (Wildman–Crippen MR) is 93.9 cm³/mol. The number of pyridine rings is 1. The van der Waals surface area contributed by atoms with Gasteiger partial charge in [0.2, 0.25) is 0 Å². The Balaban J connectivity index is 2.35. The minimum absolute atomic E-state index is 0.325. The molecule has 2 aromatic rings. The van der Waals surface area contributed by atoms with E-state index in [1.165, 1.54) is 0 Å². The minimum Gasteiger partial charge on any atom is -0.389 e. The molecule has 0 saturated carbocycles. The highest BCUT2D eigenvalue weighted by atomic mass is 32.1. The third-order valence-electron chi connectivity index (χ3n) is 3.44. The van der Waals surface area contributed by atoms with E-state index < -0.39 is 0 Å².